The average molecular weight is 286 g/mol. The smallest absolute Gasteiger partial charge is 0.317 e. The van der Waals surface area contributed by atoms with Gasteiger partial charge in [-0.15, -0.1) is 0 Å². The molecule has 0 saturated heterocycles. The molecule has 0 amide bonds. The van der Waals surface area contributed by atoms with E-state index in [-0.39, 0.29) is 6.42 Å². The number of rotatable bonds is 11. The lowest BCUT2D eigenvalue weighted by Gasteiger charge is -2.19. The Balaban J connectivity index is 4.00. The molecule has 0 heterocycles. The van der Waals surface area contributed by atoms with Gasteiger partial charge in [0.15, 0.2) is 5.92 Å². The highest BCUT2D eigenvalue weighted by molar-refractivity contribution is 5.92. The highest BCUT2D eigenvalue weighted by Crippen LogP contribution is 2.24. The van der Waals surface area contributed by atoms with Crippen molar-refractivity contribution in [3.63, 3.8) is 0 Å². The Morgan fingerprint density at radius 1 is 0.800 bits per heavy atom. The van der Waals surface area contributed by atoms with E-state index in [0.29, 0.717) is 18.3 Å². The number of hydrogen-bond acceptors (Lipinski definition) is 2. The van der Waals surface area contributed by atoms with Gasteiger partial charge in [-0.2, -0.15) is 0 Å². The second kappa shape index (κ2) is 9.78. The van der Waals surface area contributed by atoms with Gasteiger partial charge in [-0.1, -0.05) is 47.0 Å². The normalized spacial score (nSPS) is 15.8. The summed E-state index contributed by atoms with van der Waals surface area (Å²) in [7, 11) is 0. The van der Waals surface area contributed by atoms with Gasteiger partial charge in [0.05, 0.1) is 0 Å². The van der Waals surface area contributed by atoms with Crippen LogP contribution < -0.4 is 0 Å². The van der Waals surface area contributed by atoms with Gasteiger partial charge in [0, 0.05) is 0 Å². The summed E-state index contributed by atoms with van der Waals surface area (Å²) in [5.41, 5.74) is 0. The number of carboxylic acid groups (broad SMARTS) is 2. The summed E-state index contributed by atoms with van der Waals surface area (Å²) in [4.78, 5) is 21.6. The monoisotopic (exact) mass is 286 g/mol. The minimum atomic E-state index is -1.26. The van der Waals surface area contributed by atoms with Crippen LogP contribution in [-0.4, -0.2) is 22.2 Å². The van der Waals surface area contributed by atoms with Crippen molar-refractivity contribution in [3.05, 3.63) is 0 Å². The Hall–Kier alpha value is -1.06. The molecular formula is C16H30O4. The van der Waals surface area contributed by atoms with Crippen molar-refractivity contribution in [2.24, 2.45) is 23.7 Å². The summed E-state index contributed by atoms with van der Waals surface area (Å²) in [6, 6.07) is 0. The van der Waals surface area contributed by atoms with E-state index >= 15 is 0 Å². The van der Waals surface area contributed by atoms with Gasteiger partial charge in [0.1, 0.15) is 0 Å². The summed E-state index contributed by atoms with van der Waals surface area (Å²) in [6.45, 7) is 8.78. The van der Waals surface area contributed by atoms with Crippen LogP contribution in [0.15, 0.2) is 0 Å². The van der Waals surface area contributed by atoms with E-state index in [1.165, 1.54) is 19.3 Å². The van der Waals surface area contributed by atoms with Gasteiger partial charge in [-0.3, -0.25) is 9.59 Å². The van der Waals surface area contributed by atoms with Crippen molar-refractivity contribution in [1.29, 1.82) is 0 Å². The van der Waals surface area contributed by atoms with E-state index in [1.807, 2.05) is 0 Å². The zero-order valence-corrected chi connectivity index (χ0v) is 13.3. The number of aliphatic carboxylic acids is 2. The van der Waals surface area contributed by atoms with E-state index in [2.05, 4.69) is 27.7 Å². The van der Waals surface area contributed by atoms with Crippen molar-refractivity contribution >= 4 is 11.9 Å². The third kappa shape index (κ3) is 8.18. The van der Waals surface area contributed by atoms with E-state index in [4.69, 9.17) is 10.2 Å². The Morgan fingerprint density at radius 2 is 1.20 bits per heavy atom. The Bertz CT molecular complexity index is 287. The average Bonchev–Trinajstić information content (AvgIpc) is 2.35. The van der Waals surface area contributed by atoms with Gasteiger partial charge in [0.25, 0.3) is 0 Å². The molecule has 0 aliphatic rings. The van der Waals surface area contributed by atoms with Crippen molar-refractivity contribution in [2.75, 3.05) is 0 Å². The first-order chi connectivity index (χ1) is 9.27. The van der Waals surface area contributed by atoms with E-state index in [1.54, 1.807) is 0 Å². The fraction of sp³-hybridized carbons (Fsp3) is 0.875. The first-order valence-corrected chi connectivity index (χ1v) is 7.73. The quantitative estimate of drug-likeness (QED) is 0.562. The molecule has 118 valence electrons. The summed E-state index contributed by atoms with van der Waals surface area (Å²) in [5, 5.41) is 17.7. The van der Waals surface area contributed by atoms with Crippen LogP contribution in [0.2, 0.25) is 0 Å². The highest BCUT2D eigenvalue weighted by atomic mass is 16.4. The summed E-state index contributed by atoms with van der Waals surface area (Å²) < 4.78 is 0. The highest BCUT2D eigenvalue weighted by Gasteiger charge is 2.26. The molecular weight excluding hydrogens is 256 g/mol. The fourth-order valence-corrected chi connectivity index (χ4v) is 2.50. The molecule has 0 bridgehead atoms. The molecule has 0 aliphatic carbocycles. The second-order valence-electron chi connectivity index (χ2n) is 6.34. The standard InChI is InChI=1S/C16H30O4/c1-5-11(2)6-7-12(3)10-13(4)8-9-14(15(17)18)16(19)20/h11-14H,5-10H2,1-4H3,(H,17,18)(H,19,20). The molecule has 2 N–H and O–H groups in total. The van der Waals surface area contributed by atoms with Gasteiger partial charge < -0.3 is 10.2 Å². The van der Waals surface area contributed by atoms with Gasteiger partial charge in [-0.05, 0) is 37.0 Å². The molecule has 0 aromatic rings. The maximum absolute atomic E-state index is 10.8. The minimum Gasteiger partial charge on any atom is -0.481 e. The molecule has 0 aromatic heterocycles. The molecule has 0 aromatic carbocycles. The number of hydrogen-bond donors (Lipinski definition) is 2. The predicted octanol–water partition coefficient (Wildman–Crippen LogP) is 4.04. The largest absolute Gasteiger partial charge is 0.481 e. The van der Waals surface area contributed by atoms with Crippen LogP contribution >= 0.6 is 0 Å². The molecule has 4 heteroatoms. The molecule has 0 saturated carbocycles. The van der Waals surface area contributed by atoms with Crippen molar-refractivity contribution in [2.45, 2.75) is 66.2 Å². The lowest BCUT2D eigenvalue weighted by atomic mass is 9.87. The molecule has 4 nitrogen and oxygen atoms in total. The van der Waals surface area contributed by atoms with Crippen LogP contribution in [-0.2, 0) is 9.59 Å². The van der Waals surface area contributed by atoms with Crippen LogP contribution in [0.5, 0.6) is 0 Å². The van der Waals surface area contributed by atoms with Crippen LogP contribution in [0.4, 0.5) is 0 Å². The number of carbonyl (C=O) groups is 2. The molecule has 0 radical (unpaired) electrons. The third-order valence-corrected chi connectivity index (χ3v) is 4.20. The van der Waals surface area contributed by atoms with Crippen LogP contribution in [0.1, 0.15) is 66.2 Å². The van der Waals surface area contributed by atoms with Crippen molar-refractivity contribution in [1.82, 2.24) is 0 Å². The lowest BCUT2D eigenvalue weighted by molar-refractivity contribution is -0.154. The molecule has 20 heavy (non-hydrogen) atoms. The topological polar surface area (TPSA) is 74.6 Å². The molecule has 0 rings (SSSR count). The molecule has 0 fully saturated rings. The predicted molar refractivity (Wildman–Crippen MR) is 79.6 cm³/mol. The molecule has 0 spiro atoms. The second-order valence-corrected chi connectivity index (χ2v) is 6.34. The maximum atomic E-state index is 10.8. The molecule has 3 atom stereocenters. The Morgan fingerprint density at radius 3 is 1.60 bits per heavy atom. The summed E-state index contributed by atoms with van der Waals surface area (Å²) >= 11 is 0. The van der Waals surface area contributed by atoms with Crippen LogP contribution in [0, 0.1) is 23.7 Å². The van der Waals surface area contributed by atoms with Gasteiger partial charge in [-0.25, -0.2) is 0 Å². The summed E-state index contributed by atoms with van der Waals surface area (Å²) in [5.74, 6) is -1.96. The fourth-order valence-electron chi connectivity index (χ4n) is 2.50. The summed E-state index contributed by atoms with van der Waals surface area (Å²) in [6.07, 6.45) is 5.57. The Labute approximate surface area is 122 Å². The SMILES string of the molecule is CCC(C)CCC(C)CC(C)CCC(C(=O)O)C(=O)O. The van der Waals surface area contributed by atoms with E-state index in [0.717, 1.165) is 12.3 Å². The van der Waals surface area contributed by atoms with Crippen molar-refractivity contribution < 1.29 is 19.8 Å². The zero-order chi connectivity index (χ0) is 15.7. The first kappa shape index (κ1) is 18.9. The Kier molecular flexibility index (Phi) is 9.26. The van der Waals surface area contributed by atoms with Gasteiger partial charge >= 0.3 is 11.9 Å². The van der Waals surface area contributed by atoms with Crippen LogP contribution in [0.3, 0.4) is 0 Å². The van der Waals surface area contributed by atoms with E-state index < -0.39 is 17.9 Å². The first-order valence-electron chi connectivity index (χ1n) is 7.73. The van der Waals surface area contributed by atoms with Gasteiger partial charge in [0.2, 0.25) is 0 Å². The zero-order valence-electron chi connectivity index (χ0n) is 13.3. The van der Waals surface area contributed by atoms with Crippen LogP contribution in [0.25, 0.3) is 0 Å². The molecule has 3 unspecified atom stereocenters. The third-order valence-electron chi connectivity index (χ3n) is 4.20. The lowest BCUT2D eigenvalue weighted by Crippen LogP contribution is -2.24. The van der Waals surface area contributed by atoms with E-state index in [9.17, 15) is 9.59 Å². The number of carboxylic acids is 2. The molecule has 0 aliphatic heterocycles. The van der Waals surface area contributed by atoms with Crippen molar-refractivity contribution in [3.8, 4) is 0 Å². The minimum absolute atomic E-state index is 0.226. The maximum Gasteiger partial charge on any atom is 0.317 e.